The molecule has 0 unspecified atom stereocenters. The highest BCUT2D eigenvalue weighted by atomic mass is 35.5. The van der Waals surface area contributed by atoms with Crippen LogP contribution in [0.15, 0.2) is 45.6 Å². The van der Waals surface area contributed by atoms with Gasteiger partial charge in [-0.25, -0.2) is 9.78 Å². The van der Waals surface area contributed by atoms with Crippen LogP contribution < -0.4 is 15.1 Å². The topological polar surface area (TPSA) is 61.6 Å². The number of hydrogen-bond donors (Lipinski definition) is 0. The van der Waals surface area contributed by atoms with Gasteiger partial charge in [-0.15, -0.1) is 0 Å². The maximum Gasteiger partial charge on any atom is 0.347 e. The van der Waals surface area contributed by atoms with Crippen LogP contribution >= 0.6 is 23.2 Å². The summed E-state index contributed by atoms with van der Waals surface area (Å²) in [5.41, 5.74) is 0.662. The van der Waals surface area contributed by atoms with E-state index >= 15 is 0 Å². The zero-order valence-corrected chi connectivity index (χ0v) is 15.6. The molecule has 0 spiro atoms. The van der Waals surface area contributed by atoms with E-state index in [2.05, 4.69) is 4.98 Å². The lowest BCUT2D eigenvalue weighted by Crippen LogP contribution is -2.03. The molecule has 3 rings (SSSR count). The first kappa shape index (κ1) is 18.3. The van der Waals surface area contributed by atoms with Gasteiger partial charge in [-0.05, 0) is 42.8 Å². The number of hydrogen-bond acceptors (Lipinski definition) is 5. The highest BCUT2D eigenvalue weighted by Gasteiger charge is 2.13. The summed E-state index contributed by atoms with van der Waals surface area (Å²) in [5, 5.41) is 0.936. The van der Waals surface area contributed by atoms with E-state index < -0.39 is 5.63 Å². The average molecular weight is 392 g/mol. The number of fused-ring (bicyclic) bond motifs is 1. The summed E-state index contributed by atoms with van der Waals surface area (Å²) < 4.78 is 16.0. The Bertz CT molecular complexity index is 1040. The summed E-state index contributed by atoms with van der Waals surface area (Å²) in [7, 11) is 1.51. The van der Waals surface area contributed by atoms with Gasteiger partial charge in [0.2, 0.25) is 5.89 Å². The van der Waals surface area contributed by atoms with Crippen molar-refractivity contribution in [1.29, 1.82) is 0 Å². The number of para-hydroxylation sites is 1. The number of halogens is 2. The van der Waals surface area contributed by atoms with Crippen molar-refractivity contribution in [2.75, 3.05) is 13.7 Å². The van der Waals surface area contributed by atoms with Gasteiger partial charge < -0.3 is 13.9 Å². The van der Waals surface area contributed by atoms with Gasteiger partial charge >= 0.3 is 5.63 Å². The molecule has 1 heterocycles. The first-order valence-electron chi connectivity index (χ1n) is 7.81. The lowest BCUT2D eigenvalue weighted by Gasteiger charge is -2.12. The third-order valence-electron chi connectivity index (χ3n) is 3.57. The van der Waals surface area contributed by atoms with Gasteiger partial charge in [-0.3, -0.25) is 0 Å². The first-order chi connectivity index (χ1) is 12.5. The molecule has 0 amide bonds. The van der Waals surface area contributed by atoms with E-state index in [1.165, 1.54) is 7.11 Å². The van der Waals surface area contributed by atoms with Crippen LogP contribution in [0.5, 0.6) is 11.5 Å². The van der Waals surface area contributed by atoms with Gasteiger partial charge in [0, 0.05) is 0 Å². The fraction of sp³-hybridized carbons (Fsp3) is 0.158. The normalized spacial score (nSPS) is 11.6. The van der Waals surface area contributed by atoms with Gasteiger partial charge in [0.05, 0.1) is 29.6 Å². The fourth-order valence-electron chi connectivity index (χ4n) is 2.46. The van der Waals surface area contributed by atoms with Crippen LogP contribution in [0, 0.1) is 0 Å². The highest BCUT2D eigenvalue weighted by Crippen LogP contribution is 2.37. The van der Waals surface area contributed by atoms with Gasteiger partial charge in [-0.1, -0.05) is 35.3 Å². The minimum Gasteiger partial charge on any atom is -0.491 e. The highest BCUT2D eigenvalue weighted by molar-refractivity contribution is 6.50. The van der Waals surface area contributed by atoms with Crippen molar-refractivity contribution in [2.45, 2.75) is 6.92 Å². The molecule has 0 saturated heterocycles. The molecule has 0 N–H and O–H groups in total. The Morgan fingerprint density at radius 3 is 2.81 bits per heavy atom. The summed E-state index contributed by atoms with van der Waals surface area (Å²) in [6, 6.07) is 10.3. The Labute approximate surface area is 159 Å². The third kappa shape index (κ3) is 3.69. The van der Waals surface area contributed by atoms with Crippen LogP contribution in [0.4, 0.5) is 0 Å². The predicted octanol–water partition coefficient (Wildman–Crippen LogP) is 4.99. The molecule has 0 saturated carbocycles. The van der Waals surface area contributed by atoms with E-state index in [9.17, 15) is 4.79 Å². The van der Waals surface area contributed by atoms with Gasteiger partial charge in [0.15, 0.2) is 11.5 Å². The van der Waals surface area contributed by atoms with Gasteiger partial charge in [-0.2, -0.15) is 0 Å². The Kier molecular flexibility index (Phi) is 5.49. The van der Waals surface area contributed by atoms with Crippen LogP contribution in [0.2, 0.25) is 5.02 Å². The first-order valence-corrected chi connectivity index (χ1v) is 8.57. The molecule has 0 aliphatic rings. The number of rotatable bonds is 5. The van der Waals surface area contributed by atoms with Crippen molar-refractivity contribution in [3.63, 3.8) is 0 Å². The van der Waals surface area contributed by atoms with Gasteiger partial charge in [0.25, 0.3) is 0 Å². The van der Waals surface area contributed by atoms with Crippen LogP contribution in [0.25, 0.3) is 22.0 Å². The van der Waals surface area contributed by atoms with E-state index in [1.54, 1.807) is 42.5 Å². The summed E-state index contributed by atoms with van der Waals surface area (Å²) in [6.07, 6.45) is 1.59. The van der Waals surface area contributed by atoms with E-state index in [0.717, 1.165) is 0 Å². The van der Waals surface area contributed by atoms with Crippen molar-refractivity contribution in [3.8, 4) is 11.5 Å². The second-order valence-corrected chi connectivity index (χ2v) is 6.10. The van der Waals surface area contributed by atoms with Crippen molar-refractivity contribution in [2.24, 2.45) is 0 Å². The van der Waals surface area contributed by atoms with Crippen molar-refractivity contribution >= 4 is 45.2 Å². The smallest absolute Gasteiger partial charge is 0.347 e. The largest absolute Gasteiger partial charge is 0.491 e. The molecule has 2 aromatic carbocycles. The molecule has 134 valence electrons. The lowest BCUT2D eigenvalue weighted by atomic mass is 10.2. The second kappa shape index (κ2) is 7.81. The molecular weight excluding hydrogens is 377 g/mol. The standard InChI is InChI=1S/C19H15Cl2NO4/c1-3-25-16-10-11(8-13(20)17(16)24-2)9-14(21)18-22-15-7-5-4-6-12(15)19(23)26-18/h4-10H,3H2,1-2H3/b14-9-. The SMILES string of the molecule is CCOc1cc(/C=C(\Cl)c2nc3ccccc3c(=O)o2)cc(Cl)c1OC. The summed E-state index contributed by atoms with van der Waals surface area (Å²) >= 11 is 12.6. The number of methoxy groups -OCH3 is 1. The fourth-order valence-corrected chi connectivity index (χ4v) is 2.96. The van der Waals surface area contributed by atoms with Crippen LogP contribution in [0.1, 0.15) is 18.4 Å². The quantitative estimate of drug-likeness (QED) is 0.613. The molecule has 0 aliphatic carbocycles. The Morgan fingerprint density at radius 2 is 2.08 bits per heavy atom. The molecular formula is C19H15Cl2NO4. The van der Waals surface area contributed by atoms with E-state index in [0.29, 0.717) is 39.6 Å². The van der Waals surface area contributed by atoms with Crippen LogP contribution in [-0.4, -0.2) is 18.7 Å². The molecule has 1 aromatic heterocycles. The number of aromatic nitrogens is 1. The summed E-state index contributed by atoms with van der Waals surface area (Å²) in [5.74, 6) is 0.962. The Morgan fingerprint density at radius 1 is 1.31 bits per heavy atom. The molecule has 0 fully saturated rings. The van der Waals surface area contributed by atoms with Gasteiger partial charge in [0.1, 0.15) is 5.03 Å². The van der Waals surface area contributed by atoms with Crippen LogP contribution in [0.3, 0.4) is 0 Å². The molecule has 3 aromatic rings. The van der Waals surface area contributed by atoms with E-state index in [-0.39, 0.29) is 10.9 Å². The van der Waals surface area contributed by atoms with Crippen molar-refractivity contribution in [1.82, 2.24) is 4.98 Å². The third-order valence-corrected chi connectivity index (χ3v) is 4.12. The molecule has 26 heavy (non-hydrogen) atoms. The van der Waals surface area contributed by atoms with Crippen LogP contribution in [-0.2, 0) is 0 Å². The summed E-state index contributed by atoms with van der Waals surface area (Å²) in [4.78, 5) is 16.4. The predicted molar refractivity (Wildman–Crippen MR) is 103 cm³/mol. The molecule has 0 radical (unpaired) electrons. The van der Waals surface area contributed by atoms with E-state index in [4.69, 9.17) is 37.1 Å². The maximum atomic E-state index is 12.1. The number of ether oxygens (including phenoxy) is 2. The molecule has 0 atom stereocenters. The zero-order chi connectivity index (χ0) is 18.7. The lowest BCUT2D eigenvalue weighted by molar-refractivity contribution is 0.311. The minimum absolute atomic E-state index is 0.0280. The number of nitrogens with zero attached hydrogens (tertiary/aromatic N) is 1. The average Bonchev–Trinajstić information content (AvgIpc) is 2.62. The molecule has 0 aliphatic heterocycles. The zero-order valence-electron chi connectivity index (χ0n) is 14.1. The summed E-state index contributed by atoms with van der Waals surface area (Å²) in [6.45, 7) is 2.31. The van der Waals surface area contributed by atoms with E-state index in [1.807, 2.05) is 6.92 Å². The molecule has 0 bridgehead atoms. The second-order valence-electron chi connectivity index (χ2n) is 5.28. The maximum absolute atomic E-state index is 12.1. The monoisotopic (exact) mass is 391 g/mol. The molecule has 5 nitrogen and oxygen atoms in total. The Balaban J connectivity index is 2.06. The minimum atomic E-state index is -0.500. The number of benzene rings is 2. The van der Waals surface area contributed by atoms with Crippen molar-refractivity contribution < 1.29 is 13.9 Å². The Hall–Kier alpha value is -2.50. The molecule has 7 heteroatoms. The van der Waals surface area contributed by atoms with Crippen molar-refractivity contribution in [3.05, 3.63) is 63.3 Å².